The molecule has 0 saturated heterocycles. The van der Waals surface area contributed by atoms with Gasteiger partial charge in [0.05, 0.1) is 19.3 Å². The molecule has 1 aromatic heterocycles. The molecule has 1 heterocycles. The number of nitrogens with zero attached hydrogens (tertiary/aromatic N) is 2. The van der Waals surface area contributed by atoms with Gasteiger partial charge in [0, 0.05) is 0 Å². The van der Waals surface area contributed by atoms with Crippen molar-refractivity contribution in [1.29, 1.82) is 0 Å². The van der Waals surface area contributed by atoms with Gasteiger partial charge in [-0.1, -0.05) is 23.7 Å². The average molecular weight is 252 g/mol. The van der Waals surface area contributed by atoms with Gasteiger partial charge < -0.3 is 10.5 Å². The number of nitrogens with two attached hydrogens (primary N) is 1. The third-order valence-corrected chi connectivity index (χ3v) is 3.02. The van der Waals surface area contributed by atoms with Gasteiger partial charge in [-0.2, -0.15) is 5.10 Å². The molecule has 4 nitrogen and oxygen atoms in total. The summed E-state index contributed by atoms with van der Waals surface area (Å²) in [7, 11) is 1.64. The molecule has 2 rings (SSSR count). The number of benzene rings is 1. The van der Waals surface area contributed by atoms with E-state index in [2.05, 4.69) is 5.10 Å². The fraction of sp³-hybridized carbons (Fsp3) is 0.250. The fourth-order valence-electron chi connectivity index (χ4n) is 1.70. The first kappa shape index (κ1) is 11.8. The van der Waals surface area contributed by atoms with Crippen LogP contribution in [0.4, 0.5) is 5.82 Å². The van der Waals surface area contributed by atoms with Gasteiger partial charge in [-0.15, -0.1) is 0 Å². The molecular weight excluding hydrogens is 238 g/mol. The minimum absolute atomic E-state index is 0.0117. The molecule has 1 unspecified atom stereocenters. The van der Waals surface area contributed by atoms with Crippen molar-refractivity contribution < 1.29 is 4.74 Å². The standard InChI is InChI=1S/C12H14ClN3O/c1-8(16-12(14)11(13)7-15-16)9-4-3-5-10(6-9)17-2/h3-8H,14H2,1-2H3. The van der Waals surface area contributed by atoms with E-state index < -0.39 is 0 Å². The van der Waals surface area contributed by atoms with Gasteiger partial charge in [0.2, 0.25) is 0 Å². The van der Waals surface area contributed by atoms with Crippen molar-refractivity contribution in [2.24, 2.45) is 0 Å². The Kier molecular flexibility index (Phi) is 3.24. The molecular formula is C12H14ClN3O. The smallest absolute Gasteiger partial charge is 0.141 e. The molecule has 90 valence electrons. The van der Waals surface area contributed by atoms with Gasteiger partial charge in [0.15, 0.2) is 0 Å². The van der Waals surface area contributed by atoms with Crippen LogP contribution in [0.15, 0.2) is 30.5 Å². The summed E-state index contributed by atoms with van der Waals surface area (Å²) in [5, 5.41) is 4.64. The first-order valence-electron chi connectivity index (χ1n) is 5.26. The van der Waals surface area contributed by atoms with Crippen LogP contribution in [0.25, 0.3) is 0 Å². The highest BCUT2D eigenvalue weighted by Crippen LogP contribution is 2.26. The summed E-state index contributed by atoms with van der Waals surface area (Å²) < 4.78 is 6.88. The lowest BCUT2D eigenvalue weighted by Gasteiger charge is -2.15. The number of methoxy groups -OCH3 is 1. The van der Waals surface area contributed by atoms with Gasteiger partial charge >= 0.3 is 0 Å². The SMILES string of the molecule is COc1cccc(C(C)n2ncc(Cl)c2N)c1. The van der Waals surface area contributed by atoms with Crippen LogP contribution >= 0.6 is 11.6 Å². The molecule has 2 N–H and O–H groups in total. The first-order valence-corrected chi connectivity index (χ1v) is 5.63. The fourth-order valence-corrected chi connectivity index (χ4v) is 1.83. The molecule has 1 aromatic carbocycles. The van der Waals surface area contributed by atoms with Crippen molar-refractivity contribution in [3.8, 4) is 5.75 Å². The van der Waals surface area contributed by atoms with Crippen LogP contribution in [0.1, 0.15) is 18.5 Å². The predicted octanol–water partition coefficient (Wildman–Crippen LogP) is 2.74. The molecule has 0 fully saturated rings. The second kappa shape index (κ2) is 4.67. The number of rotatable bonds is 3. The van der Waals surface area contributed by atoms with E-state index >= 15 is 0 Å². The van der Waals surface area contributed by atoms with E-state index in [0.29, 0.717) is 10.8 Å². The molecule has 0 aliphatic rings. The molecule has 0 aliphatic carbocycles. The van der Waals surface area contributed by atoms with Crippen LogP contribution in [0, 0.1) is 0 Å². The molecule has 0 bridgehead atoms. The molecule has 17 heavy (non-hydrogen) atoms. The normalized spacial score (nSPS) is 12.4. The number of anilines is 1. The number of halogens is 1. The Morgan fingerprint density at radius 2 is 2.24 bits per heavy atom. The molecule has 0 spiro atoms. The Balaban J connectivity index is 2.36. The topological polar surface area (TPSA) is 53.1 Å². The highest BCUT2D eigenvalue weighted by atomic mass is 35.5. The van der Waals surface area contributed by atoms with Crippen LogP contribution in [0.2, 0.25) is 5.02 Å². The van der Waals surface area contributed by atoms with Crippen LogP contribution in [-0.2, 0) is 0 Å². The molecule has 0 amide bonds. The highest BCUT2D eigenvalue weighted by Gasteiger charge is 2.14. The zero-order chi connectivity index (χ0) is 12.4. The first-order chi connectivity index (χ1) is 8.13. The zero-order valence-electron chi connectivity index (χ0n) is 9.72. The van der Waals surface area contributed by atoms with Crippen molar-refractivity contribution >= 4 is 17.4 Å². The van der Waals surface area contributed by atoms with E-state index in [1.165, 1.54) is 0 Å². The van der Waals surface area contributed by atoms with Gasteiger partial charge in [-0.05, 0) is 24.6 Å². The molecule has 2 aromatic rings. The molecule has 0 saturated carbocycles. The van der Waals surface area contributed by atoms with E-state index in [-0.39, 0.29) is 6.04 Å². The lowest BCUT2D eigenvalue weighted by atomic mass is 10.1. The minimum atomic E-state index is 0.0117. The Morgan fingerprint density at radius 1 is 1.47 bits per heavy atom. The Labute approximate surface area is 105 Å². The predicted molar refractivity (Wildman–Crippen MR) is 68.5 cm³/mol. The largest absolute Gasteiger partial charge is 0.497 e. The number of hydrogen-bond donors (Lipinski definition) is 1. The van der Waals surface area contributed by atoms with Crippen LogP contribution in [-0.4, -0.2) is 16.9 Å². The Morgan fingerprint density at radius 3 is 2.82 bits per heavy atom. The maximum Gasteiger partial charge on any atom is 0.141 e. The van der Waals surface area contributed by atoms with Gasteiger partial charge in [-0.25, -0.2) is 4.68 Å². The van der Waals surface area contributed by atoms with Crippen molar-refractivity contribution in [3.05, 3.63) is 41.0 Å². The third kappa shape index (κ3) is 2.22. The monoisotopic (exact) mass is 251 g/mol. The summed E-state index contributed by atoms with van der Waals surface area (Å²) in [6, 6.07) is 7.81. The number of aromatic nitrogens is 2. The summed E-state index contributed by atoms with van der Waals surface area (Å²) >= 11 is 5.89. The quantitative estimate of drug-likeness (QED) is 0.913. The average Bonchev–Trinajstić information content (AvgIpc) is 2.69. The molecule has 1 atom stereocenters. The van der Waals surface area contributed by atoms with Crippen LogP contribution < -0.4 is 10.5 Å². The summed E-state index contributed by atoms with van der Waals surface area (Å²) in [5.41, 5.74) is 6.91. The number of hydrogen-bond acceptors (Lipinski definition) is 3. The van der Waals surface area contributed by atoms with Crippen LogP contribution in [0.3, 0.4) is 0 Å². The third-order valence-electron chi connectivity index (χ3n) is 2.73. The maximum atomic E-state index is 5.89. The van der Waals surface area contributed by atoms with Gasteiger partial charge in [-0.3, -0.25) is 0 Å². The Bertz CT molecular complexity index is 524. The molecule has 0 aliphatic heterocycles. The zero-order valence-corrected chi connectivity index (χ0v) is 10.5. The summed E-state index contributed by atoms with van der Waals surface area (Å²) in [5.74, 6) is 1.29. The maximum absolute atomic E-state index is 5.89. The van der Waals surface area contributed by atoms with E-state index in [1.807, 2.05) is 31.2 Å². The minimum Gasteiger partial charge on any atom is -0.497 e. The van der Waals surface area contributed by atoms with Gasteiger partial charge in [0.25, 0.3) is 0 Å². The molecule has 0 radical (unpaired) electrons. The van der Waals surface area contributed by atoms with E-state index in [9.17, 15) is 0 Å². The summed E-state index contributed by atoms with van der Waals surface area (Å²) in [6.07, 6.45) is 1.55. The van der Waals surface area contributed by atoms with E-state index in [1.54, 1.807) is 18.0 Å². The Hall–Kier alpha value is -1.68. The summed E-state index contributed by atoms with van der Waals surface area (Å²) in [6.45, 7) is 2.01. The van der Waals surface area contributed by atoms with Crippen LogP contribution in [0.5, 0.6) is 5.75 Å². The lowest BCUT2D eigenvalue weighted by molar-refractivity contribution is 0.413. The second-order valence-corrected chi connectivity index (χ2v) is 4.18. The highest BCUT2D eigenvalue weighted by molar-refractivity contribution is 6.32. The van der Waals surface area contributed by atoms with Gasteiger partial charge in [0.1, 0.15) is 16.6 Å². The number of nitrogen functional groups attached to an aromatic ring is 1. The van der Waals surface area contributed by atoms with Crippen molar-refractivity contribution in [2.45, 2.75) is 13.0 Å². The second-order valence-electron chi connectivity index (χ2n) is 3.77. The summed E-state index contributed by atoms with van der Waals surface area (Å²) in [4.78, 5) is 0. The van der Waals surface area contributed by atoms with Crippen molar-refractivity contribution in [3.63, 3.8) is 0 Å². The van der Waals surface area contributed by atoms with Crippen molar-refractivity contribution in [1.82, 2.24) is 9.78 Å². The number of ether oxygens (including phenoxy) is 1. The molecule has 5 heteroatoms. The lowest BCUT2D eigenvalue weighted by Crippen LogP contribution is -2.11. The van der Waals surface area contributed by atoms with E-state index in [0.717, 1.165) is 11.3 Å². The van der Waals surface area contributed by atoms with E-state index in [4.69, 9.17) is 22.1 Å². The van der Waals surface area contributed by atoms with Crippen molar-refractivity contribution in [2.75, 3.05) is 12.8 Å².